The quantitative estimate of drug-likeness (QED) is 0.531. The van der Waals surface area contributed by atoms with E-state index in [1.807, 2.05) is 48.5 Å². The first-order valence-electron chi connectivity index (χ1n) is 10.5. The van der Waals surface area contributed by atoms with Gasteiger partial charge in [0.25, 0.3) is 0 Å². The third-order valence-corrected chi connectivity index (χ3v) is 5.88. The molecule has 7 nitrogen and oxygen atoms in total. The summed E-state index contributed by atoms with van der Waals surface area (Å²) in [6.45, 7) is 1.88. The van der Waals surface area contributed by atoms with Gasteiger partial charge in [0, 0.05) is 30.6 Å². The van der Waals surface area contributed by atoms with Crippen molar-refractivity contribution in [1.29, 1.82) is 0 Å². The maximum absolute atomic E-state index is 12.9. The summed E-state index contributed by atoms with van der Waals surface area (Å²) in [7, 11) is 1.64. The smallest absolute Gasteiger partial charge is 0.225 e. The van der Waals surface area contributed by atoms with Crippen LogP contribution in [0.2, 0.25) is 0 Å². The van der Waals surface area contributed by atoms with Gasteiger partial charge in [-0.1, -0.05) is 30.3 Å². The van der Waals surface area contributed by atoms with Crippen molar-refractivity contribution in [2.45, 2.75) is 19.4 Å². The van der Waals surface area contributed by atoms with Crippen molar-refractivity contribution in [3.8, 4) is 5.75 Å². The van der Waals surface area contributed by atoms with E-state index in [2.05, 4.69) is 20.2 Å². The second-order valence-electron chi connectivity index (χ2n) is 7.79. The van der Waals surface area contributed by atoms with Gasteiger partial charge in [-0.15, -0.1) is 0 Å². The Bertz CT molecular complexity index is 1240. The lowest BCUT2D eigenvalue weighted by atomic mass is 9.97. The topological polar surface area (TPSA) is 80.5 Å². The Balaban J connectivity index is 1.34. The van der Waals surface area contributed by atoms with Crippen LogP contribution in [0.4, 0.5) is 5.82 Å². The molecule has 4 aromatic rings. The molecule has 158 valence electrons. The highest BCUT2D eigenvalue weighted by molar-refractivity contribution is 6.05. The summed E-state index contributed by atoms with van der Waals surface area (Å²) in [6, 6.07) is 15.6. The molecule has 2 aromatic carbocycles. The van der Waals surface area contributed by atoms with E-state index in [1.165, 1.54) is 0 Å². The third kappa shape index (κ3) is 3.67. The zero-order valence-electron chi connectivity index (χ0n) is 17.4. The summed E-state index contributed by atoms with van der Waals surface area (Å²) in [5.74, 6) is 1.47. The maximum atomic E-state index is 12.9. The number of furan rings is 1. The number of benzene rings is 2. The molecule has 0 spiro atoms. The van der Waals surface area contributed by atoms with E-state index in [0.717, 1.165) is 53.0 Å². The monoisotopic (exact) mass is 416 g/mol. The molecule has 1 atom stereocenters. The third-order valence-electron chi connectivity index (χ3n) is 5.88. The van der Waals surface area contributed by atoms with Crippen LogP contribution in [0.3, 0.4) is 0 Å². The van der Waals surface area contributed by atoms with Gasteiger partial charge in [0.15, 0.2) is 11.4 Å². The fourth-order valence-corrected chi connectivity index (χ4v) is 4.30. The Morgan fingerprint density at radius 1 is 1.19 bits per heavy atom. The van der Waals surface area contributed by atoms with Crippen molar-refractivity contribution in [3.63, 3.8) is 0 Å². The van der Waals surface area contributed by atoms with Crippen LogP contribution < -0.4 is 15.0 Å². The number of nitrogens with zero attached hydrogens (tertiary/aromatic N) is 3. The molecule has 1 unspecified atom stereocenters. The number of nitrogens with one attached hydrogen (secondary N) is 1. The number of hydrogen-bond acceptors (Lipinski definition) is 6. The molecule has 7 heteroatoms. The number of carbonyl (C=O) groups is 1. The van der Waals surface area contributed by atoms with Gasteiger partial charge in [0.2, 0.25) is 5.91 Å². The summed E-state index contributed by atoms with van der Waals surface area (Å²) in [6.07, 6.45) is 3.34. The highest BCUT2D eigenvalue weighted by atomic mass is 16.5. The fraction of sp³-hybridized carbons (Fsp3) is 0.292. The lowest BCUT2D eigenvalue weighted by Crippen LogP contribution is -2.43. The number of amides is 1. The van der Waals surface area contributed by atoms with Gasteiger partial charge in [-0.3, -0.25) is 4.79 Å². The van der Waals surface area contributed by atoms with Crippen LogP contribution in [0.25, 0.3) is 22.1 Å². The molecule has 1 amide bonds. The van der Waals surface area contributed by atoms with E-state index in [0.29, 0.717) is 18.7 Å². The van der Waals surface area contributed by atoms with Crippen LogP contribution in [0.5, 0.6) is 5.75 Å². The van der Waals surface area contributed by atoms with Crippen molar-refractivity contribution >= 4 is 33.8 Å². The molecule has 1 saturated heterocycles. The number of carbonyl (C=O) groups excluding carboxylic acids is 1. The number of rotatable bonds is 5. The number of piperidine rings is 1. The van der Waals surface area contributed by atoms with Crippen LogP contribution >= 0.6 is 0 Å². The minimum Gasteiger partial charge on any atom is -0.496 e. The summed E-state index contributed by atoms with van der Waals surface area (Å²) in [5, 5.41) is 4.05. The number of para-hydroxylation sites is 2. The number of methoxy groups -OCH3 is 1. The van der Waals surface area contributed by atoms with Gasteiger partial charge < -0.3 is 19.4 Å². The lowest BCUT2D eigenvalue weighted by Gasteiger charge is -2.32. The first kappa shape index (κ1) is 19.4. The highest BCUT2D eigenvalue weighted by Crippen LogP contribution is 2.33. The zero-order chi connectivity index (χ0) is 21.2. The Kier molecular flexibility index (Phi) is 5.16. The standard InChI is InChI=1S/C24H24N4O3/c1-30-19-10-4-2-7-16(19)13-25-24(29)17-8-6-12-28(14-17)23-22-21(26-15-27-23)18-9-3-5-11-20(18)31-22/h2-5,7,9-11,15,17H,6,8,12-14H2,1H3,(H,25,29). The van der Waals surface area contributed by atoms with Gasteiger partial charge in [-0.2, -0.15) is 0 Å². The number of aromatic nitrogens is 2. The Hall–Kier alpha value is -3.61. The average molecular weight is 416 g/mol. The minimum absolute atomic E-state index is 0.0468. The molecule has 0 bridgehead atoms. The van der Waals surface area contributed by atoms with Crippen molar-refractivity contribution < 1.29 is 13.9 Å². The first-order valence-corrected chi connectivity index (χ1v) is 10.5. The van der Waals surface area contributed by atoms with E-state index in [4.69, 9.17) is 9.15 Å². The van der Waals surface area contributed by atoms with Gasteiger partial charge in [-0.25, -0.2) is 9.97 Å². The number of hydrogen-bond donors (Lipinski definition) is 1. The zero-order valence-corrected chi connectivity index (χ0v) is 17.4. The molecular formula is C24H24N4O3. The highest BCUT2D eigenvalue weighted by Gasteiger charge is 2.28. The van der Waals surface area contributed by atoms with E-state index in [9.17, 15) is 4.79 Å². The molecule has 1 N–H and O–H groups in total. The Morgan fingerprint density at radius 2 is 2.03 bits per heavy atom. The van der Waals surface area contributed by atoms with Crippen molar-refractivity contribution in [2.24, 2.45) is 5.92 Å². The van der Waals surface area contributed by atoms with Crippen LogP contribution in [0.15, 0.2) is 59.3 Å². The minimum atomic E-state index is -0.113. The van der Waals surface area contributed by atoms with Crippen LogP contribution in [0, 0.1) is 5.92 Å². The first-order chi connectivity index (χ1) is 15.2. The molecule has 3 heterocycles. The molecule has 1 aliphatic heterocycles. The normalized spacial score (nSPS) is 16.5. The SMILES string of the molecule is COc1ccccc1CNC(=O)C1CCCN(c2ncnc3c2oc2ccccc23)C1. The summed E-state index contributed by atoms with van der Waals surface area (Å²) in [4.78, 5) is 24.0. The summed E-state index contributed by atoms with van der Waals surface area (Å²) >= 11 is 0. The van der Waals surface area contributed by atoms with Crippen molar-refractivity contribution in [2.75, 3.05) is 25.1 Å². The van der Waals surface area contributed by atoms with Gasteiger partial charge in [0.1, 0.15) is 23.2 Å². The van der Waals surface area contributed by atoms with E-state index >= 15 is 0 Å². The largest absolute Gasteiger partial charge is 0.496 e. The van der Waals surface area contributed by atoms with Gasteiger partial charge >= 0.3 is 0 Å². The molecule has 0 radical (unpaired) electrons. The van der Waals surface area contributed by atoms with Crippen molar-refractivity contribution in [1.82, 2.24) is 15.3 Å². The van der Waals surface area contributed by atoms with Gasteiger partial charge in [0.05, 0.1) is 13.0 Å². The Morgan fingerprint density at radius 3 is 2.94 bits per heavy atom. The molecule has 2 aromatic heterocycles. The van der Waals surface area contributed by atoms with Crippen LogP contribution in [-0.4, -0.2) is 36.1 Å². The molecule has 0 saturated carbocycles. The number of ether oxygens (including phenoxy) is 1. The molecule has 5 rings (SSSR count). The molecule has 1 aliphatic rings. The average Bonchev–Trinajstić information content (AvgIpc) is 3.21. The second kappa shape index (κ2) is 8.26. The number of anilines is 1. The second-order valence-corrected chi connectivity index (χ2v) is 7.79. The summed E-state index contributed by atoms with van der Waals surface area (Å²) < 4.78 is 11.5. The van der Waals surface area contributed by atoms with Crippen molar-refractivity contribution in [3.05, 3.63) is 60.4 Å². The van der Waals surface area contributed by atoms with Gasteiger partial charge in [-0.05, 0) is 31.0 Å². The lowest BCUT2D eigenvalue weighted by molar-refractivity contribution is -0.125. The Labute approximate surface area is 180 Å². The molecule has 0 aliphatic carbocycles. The predicted octanol–water partition coefficient (Wildman–Crippen LogP) is 3.92. The molecule has 31 heavy (non-hydrogen) atoms. The van der Waals surface area contributed by atoms with E-state index < -0.39 is 0 Å². The molecule has 1 fully saturated rings. The maximum Gasteiger partial charge on any atom is 0.225 e. The predicted molar refractivity (Wildman–Crippen MR) is 119 cm³/mol. The van der Waals surface area contributed by atoms with Crippen LogP contribution in [0.1, 0.15) is 18.4 Å². The number of fused-ring (bicyclic) bond motifs is 3. The van der Waals surface area contributed by atoms with E-state index in [1.54, 1.807) is 13.4 Å². The summed E-state index contributed by atoms with van der Waals surface area (Å²) in [5.41, 5.74) is 3.25. The van der Waals surface area contributed by atoms with Crippen LogP contribution in [-0.2, 0) is 11.3 Å². The fourth-order valence-electron chi connectivity index (χ4n) is 4.30. The molecular weight excluding hydrogens is 392 g/mol. The van der Waals surface area contributed by atoms with E-state index in [-0.39, 0.29) is 11.8 Å².